The third kappa shape index (κ3) is 5.42. The number of benzene rings is 2. The molecule has 2 amide bonds. The predicted octanol–water partition coefficient (Wildman–Crippen LogP) is 3.57. The Labute approximate surface area is 195 Å². The molecule has 0 saturated heterocycles. The SMILES string of the molecule is COCCN(CC(=O)N1N=C(c2cccc(OC)c2)CC1c1ccc(C)cc1)C(=O)C1CC1. The quantitative estimate of drug-likeness (QED) is 0.587. The molecule has 1 saturated carbocycles. The summed E-state index contributed by atoms with van der Waals surface area (Å²) in [4.78, 5) is 27.9. The lowest BCUT2D eigenvalue weighted by molar-refractivity contribution is -0.142. The first-order chi connectivity index (χ1) is 16.0. The van der Waals surface area contributed by atoms with Gasteiger partial charge in [0.15, 0.2) is 0 Å². The maximum absolute atomic E-state index is 13.5. The van der Waals surface area contributed by atoms with Crippen LogP contribution >= 0.6 is 0 Å². The minimum atomic E-state index is -0.223. The summed E-state index contributed by atoms with van der Waals surface area (Å²) in [6.45, 7) is 2.82. The Balaban J connectivity index is 1.61. The van der Waals surface area contributed by atoms with Gasteiger partial charge in [0.05, 0.1) is 25.5 Å². The van der Waals surface area contributed by atoms with Crippen molar-refractivity contribution in [2.45, 2.75) is 32.2 Å². The monoisotopic (exact) mass is 449 g/mol. The van der Waals surface area contributed by atoms with Gasteiger partial charge in [0, 0.05) is 31.6 Å². The largest absolute Gasteiger partial charge is 0.497 e. The zero-order chi connectivity index (χ0) is 23.4. The van der Waals surface area contributed by atoms with Crippen molar-refractivity contribution in [2.75, 3.05) is 33.9 Å². The van der Waals surface area contributed by atoms with E-state index < -0.39 is 0 Å². The second-order valence-corrected chi connectivity index (χ2v) is 8.67. The Kier molecular flexibility index (Phi) is 7.08. The lowest BCUT2D eigenvalue weighted by Crippen LogP contribution is -2.43. The maximum atomic E-state index is 13.5. The van der Waals surface area contributed by atoms with Crippen LogP contribution < -0.4 is 4.74 Å². The van der Waals surface area contributed by atoms with Crippen molar-refractivity contribution in [1.29, 1.82) is 0 Å². The Bertz CT molecular complexity index is 1030. The number of rotatable bonds is 9. The fourth-order valence-electron chi connectivity index (χ4n) is 4.06. The highest BCUT2D eigenvalue weighted by atomic mass is 16.5. The smallest absolute Gasteiger partial charge is 0.262 e. The van der Waals surface area contributed by atoms with Crippen LogP contribution in [0.3, 0.4) is 0 Å². The van der Waals surface area contributed by atoms with Gasteiger partial charge in [-0.05, 0) is 37.5 Å². The highest BCUT2D eigenvalue weighted by molar-refractivity contribution is 6.03. The average Bonchev–Trinajstić information content (AvgIpc) is 3.59. The summed E-state index contributed by atoms with van der Waals surface area (Å²) in [7, 11) is 3.23. The molecule has 1 aliphatic heterocycles. The molecule has 0 radical (unpaired) electrons. The predicted molar refractivity (Wildman–Crippen MR) is 126 cm³/mol. The third-order valence-electron chi connectivity index (χ3n) is 6.16. The number of hydrogen-bond donors (Lipinski definition) is 0. The summed E-state index contributed by atoms with van der Waals surface area (Å²) in [6, 6.07) is 15.7. The lowest BCUT2D eigenvalue weighted by Gasteiger charge is -2.27. The highest BCUT2D eigenvalue weighted by Gasteiger charge is 2.37. The summed E-state index contributed by atoms with van der Waals surface area (Å²) in [5, 5.41) is 6.30. The first kappa shape index (κ1) is 23.0. The Morgan fingerprint density at radius 3 is 2.55 bits per heavy atom. The van der Waals surface area contributed by atoms with Gasteiger partial charge in [-0.15, -0.1) is 0 Å². The summed E-state index contributed by atoms with van der Waals surface area (Å²) in [6.07, 6.45) is 2.38. The van der Waals surface area contributed by atoms with Crippen molar-refractivity contribution in [3.05, 3.63) is 65.2 Å². The number of hydrogen-bond acceptors (Lipinski definition) is 5. The van der Waals surface area contributed by atoms with Crippen molar-refractivity contribution >= 4 is 17.5 Å². The number of carbonyl (C=O) groups is 2. The van der Waals surface area contributed by atoms with E-state index >= 15 is 0 Å². The maximum Gasteiger partial charge on any atom is 0.262 e. The molecule has 2 aromatic rings. The van der Waals surface area contributed by atoms with Crippen molar-refractivity contribution in [2.24, 2.45) is 11.0 Å². The van der Waals surface area contributed by atoms with Crippen molar-refractivity contribution < 1.29 is 19.1 Å². The fourth-order valence-corrected chi connectivity index (χ4v) is 4.06. The molecule has 1 unspecified atom stereocenters. The van der Waals surface area contributed by atoms with Crippen LogP contribution in [0.5, 0.6) is 5.75 Å². The number of ether oxygens (including phenoxy) is 2. The number of amides is 2. The van der Waals surface area contributed by atoms with E-state index in [9.17, 15) is 9.59 Å². The van der Waals surface area contributed by atoms with Crippen LogP contribution in [0.1, 0.15) is 42.0 Å². The van der Waals surface area contributed by atoms with E-state index in [-0.39, 0.29) is 30.3 Å². The first-order valence-electron chi connectivity index (χ1n) is 11.4. The van der Waals surface area contributed by atoms with Gasteiger partial charge in [-0.2, -0.15) is 5.10 Å². The molecule has 1 atom stereocenters. The molecule has 1 heterocycles. The van der Waals surface area contributed by atoms with Crippen molar-refractivity contribution in [3.63, 3.8) is 0 Å². The van der Waals surface area contributed by atoms with E-state index in [0.29, 0.717) is 19.6 Å². The Morgan fingerprint density at radius 2 is 1.88 bits per heavy atom. The molecule has 4 rings (SSSR count). The number of aryl methyl sites for hydroxylation is 1. The molecule has 0 N–H and O–H groups in total. The van der Waals surface area contributed by atoms with Crippen LogP contribution in [0.15, 0.2) is 53.6 Å². The highest BCUT2D eigenvalue weighted by Crippen LogP contribution is 2.34. The molecule has 0 bridgehead atoms. The van der Waals surface area contributed by atoms with Gasteiger partial charge in [0.2, 0.25) is 5.91 Å². The topological polar surface area (TPSA) is 71.4 Å². The van der Waals surface area contributed by atoms with E-state index in [4.69, 9.17) is 14.6 Å². The van der Waals surface area contributed by atoms with E-state index in [2.05, 4.69) is 0 Å². The van der Waals surface area contributed by atoms with Gasteiger partial charge in [0.25, 0.3) is 5.91 Å². The number of methoxy groups -OCH3 is 2. The zero-order valence-corrected chi connectivity index (χ0v) is 19.5. The van der Waals surface area contributed by atoms with Gasteiger partial charge < -0.3 is 14.4 Å². The van der Waals surface area contributed by atoms with Gasteiger partial charge in [0.1, 0.15) is 12.3 Å². The summed E-state index contributed by atoms with van der Waals surface area (Å²) in [5.74, 6) is 0.622. The van der Waals surface area contributed by atoms with E-state index in [1.165, 1.54) is 0 Å². The minimum Gasteiger partial charge on any atom is -0.497 e. The Morgan fingerprint density at radius 1 is 1.12 bits per heavy atom. The van der Waals surface area contributed by atoms with Crippen molar-refractivity contribution in [3.8, 4) is 5.75 Å². The molecule has 0 aromatic heterocycles. The van der Waals surface area contributed by atoms with Gasteiger partial charge in [-0.1, -0.05) is 42.0 Å². The molecule has 7 heteroatoms. The molecule has 2 aromatic carbocycles. The molecular formula is C26H31N3O4. The van der Waals surface area contributed by atoms with Gasteiger partial charge in [-0.3, -0.25) is 9.59 Å². The number of hydrazone groups is 1. The molecule has 0 spiro atoms. The summed E-state index contributed by atoms with van der Waals surface area (Å²) in [5.41, 5.74) is 3.92. The molecule has 1 fully saturated rings. The first-order valence-corrected chi connectivity index (χ1v) is 11.4. The van der Waals surface area contributed by atoms with Gasteiger partial charge in [-0.25, -0.2) is 5.01 Å². The Hall–Kier alpha value is -3.19. The second kappa shape index (κ2) is 10.2. The standard InChI is InChI=1S/C26H31N3O4/c1-18-7-9-19(10-8-18)24-16-23(21-5-4-6-22(15-21)33-3)27-29(24)25(30)17-28(13-14-32-2)26(31)20-11-12-20/h4-10,15,20,24H,11-14,16-17H2,1-3H3. The molecule has 2 aliphatic rings. The molecular weight excluding hydrogens is 418 g/mol. The summed E-state index contributed by atoms with van der Waals surface area (Å²) < 4.78 is 10.5. The van der Waals surface area contributed by atoms with Gasteiger partial charge >= 0.3 is 0 Å². The molecule has 7 nitrogen and oxygen atoms in total. The number of carbonyl (C=O) groups excluding carboxylic acids is 2. The van der Waals surface area contributed by atoms with Crippen LogP contribution in [-0.2, 0) is 14.3 Å². The van der Waals surface area contributed by atoms with E-state index in [1.807, 2.05) is 55.5 Å². The van der Waals surface area contributed by atoms with Crippen LogP contribution in [0.4, 0.5) is 0 Å². The fraction of sp³-hybridized carbons (Fsp3) is 0.423. The third-order valence-corrected chi connectivity index (χ3v) is 6.16. The molecule has 1 aliphatic carbocycles. The molecule has 174 valence electrons. The van der Waals surface area contributed by atoms with Crippen LogP contribution in [0, 0.1) is 12.8 Å². The van der Waals surface area contributed by atoms with Crippen molar-refractivity contribution in [1.82, 2.24) is 9.91 Å². The normalized spacial score (nSPS) is 17.6. The van der Waals surface area contributed by atoms with Crippen LogP contribution in [0.2, 0.25) is 0 Å². The zero-order valence-electron chi connectivity index (χ0n) is 19.5. The molecule has 33 heavy (non-hydrogen) atoms. The minimum absolute atomic E-state index is 0.00402. The van der Waals surface area contributed by atoms with E-state index in [1.54, 1.807) is 24.1 Å². The van der Waals surface area contributed by atoms with E-state index in [0.717, 1.165) is 41.0 Å². The summed E-state index contributed by atoms with van der Waals surface area (Å²) >= 11 is 0. The second-order valence-electron chi connectivity index (χ2n) is 8.67. The van der Waals surface area contributed by atoms with Crippen LogP contribution in [-0.4, -0.2) is 61.4 Å². The average molecular weight is 450 g/mol. The number of nitrogens with zero attached hydrogens (tertiary/aromatic N) is 3. The van der Waals surface area contributed by atoms with Crippen LogP contribution in [0.25, 0.3) is 0 Å². The lowest BCUT2D eigenvalue weighted by atomic mass is 9.97.